The van der Waals surface area contributed by atoms with Gasteiger partial charge >= 0.3 is 0 Å². The predicted octanol–water partition coefficient (Wildman–Crippen LogP) is 3.55. The summed E-state index contributed by atoms with van der Waals surface area (Å²) in [5.74, 6) is 1.94. The number of aromatic nitrogens is 2. The predicted molar refractivity (Wildman–Crippen MR) is 82.2 cm³/mol. The molecule has 2 atom stereocenters. The Bertz CT molecular complexity index is 597. The molecule has 0 saturated heterocycles. The summed E-state index contributed by atoms with van der Waals surface area (Å²) in [5, 5.41) is 3.99. The lowest BCUT2D eigenvalue weighted by Gasteiger charge is -2.17. The van der Waals surface area contributed by atoms with Crippen LogP contribution in [-0.4, -0.2) is 16.2 Å². The molecule has 0 unspecified atom stereocenters. The molecule has 0 aliphatic heterocycles. The summed E-state index contributed by atoms with van der Waals surface area (Å²) in [6.07, 6.45) is 1.17. The van der Waals surface area contributed by atoms with E-state index in [0.29, 0.717) is 11.7 Å². The molecule has 5 heteroatoms. The lowest BCUT2D eigenvalue weighted by molar-refractivity contribution is 0.214. The van der Waals surface area contributed by atoms with Crippen LogP contribution in [0.15, 0.2) is 16.7 Å². The molecular weight excluding hydrogens is 266 g/mol. The minimum Gasteiger partial charge on any atom is -0.490 e. The highest BCUT2D eigenvalue weighted by atomic mass is 16.5. The van der Waals surface area contributed by atoms with Crippen LogP contribution < -0.4 is 10.5 Å². The number of benzene rings is 1. The molecule has 21 heavy (non-hydrogen) atoms. The maximum atomic E-state index is 5.98. The van der Waals surface area contributed by atoms with E-state index in [4.69, 9.17) is 15.0 Å². The molecule has 0 saturated carbocycles. The van der Waals surface area contributed by atoms with Crippen molar-refractivity contribution in [2.45, 2.75) is 53.2 Å². The van der Waals surface area contributed by atoms with Crippen molar-refractivity contribution >= 4 is 0 Å². The molecule has 1 aromatic heterocycles. The van der Waals surface area contributed by atoms with Gasteiger partial charge in [-0.25, -0.2) is 0 Å². The fourth-order valence-corrected chi connectivity index (χ4v) is 2.09. The Hall–Kier alpha value is -1.88. The summed E-state index contributed by atoms with van der Waals surface area (Å²) in [6, 6.07) is 3.77. The summed E-state index contributed by atoms with van der Waals surface area (Å²) in [5.41, 5.74) is 8.79. The van der Waals surface area contributed by atoms with E-state index in [9.17, 15) is 0 Å². The topological polar surface area (TPSA) is 74.2 Å². The molecule has 0 aliphatic carbocycles. The number of hydrogen-bond donors (Lipinski definition) is 1. The van der Waals surface area contributed by atoms with Gasteiger partial charge in [-0.2, -0.15) is 4.98 Å². The largest absolute Gasteiger partial charge is 0.490 e. The van der Waals surface area contributed by atoms with Crippen molar-refractivity contribution < 1.29 is 9.26 Å². The summed E-state index contributed by atoms with van der Waals surface area (Å²) in [4.78, 5) is 4.33. The highest BCUT2D eigenvalue weighted by Crippen LogP contribution is 2.30. The average molecular weight is 289 g/mol. The molecule has 0 aliphatic rings. The van der Waals surface area contributed by atoms with Crippen molar-refractivity contribution in [1.29, 1.82) is 0 Å². The molecule has 0 amide bonds. The number of nitrogens with two attached hydrogens (primary N) is 1. The van der Waals surface area contributed by atoms with Crippen LogP contribution in [0, 0.1) is 13.8 Å². The Labute approximate surface area is 125 Å². The van der Waals surface area contributed by atoms with Crippen molar-refractivity contribution in [2.24, 2.45) is 5.73 Å². The minimum absolute atomic E-state index is 0.197. The van der Waals surface area contributed by atoms with Gasteiger partial charge in [-0.3, -0.25) is 0 Å². The normalized spacial score (nSPS) is 14.0. The molecule has 0 radical (unpaired) electrons. The monoisotopic (exact) mass is 289 g/mol. The SMILES string of the molecule is CC[C@H](C)Oc1c(C)cc(-c2noc([C@H](C)N)n2)cc1C. The first-order valence-electron chi connectivity index (χ1n) is 7.29. The van der Waals surface area contributed by atoms with Crippen molar-refractivity contribution in [2.75, 3.05) is 0 Å². The highest BCUT2D eigenvalue weighted by Gasteiger charge is 2.15. The molecule has 0 fully saturated rings. The summed E-state index contributed by atoms with van der Waals surface area (Å²) < 4.78 is 11.1. The zero-order valence-corrected chi connectivity index (χ0v) is 13.3. The molecule has 0 bridgehead atoms. The summed E-state index contributed by atoms with van der Waals surface area (Å²) in [6.45, 7) is 10.1. The van der Waals surface area contributed by atoms with E-state index in [1.54, 1.807) is 0 Å². The van der Waals surface area contributed by atoms with E-state index in [1.165, 1.54) is 0 Å². The van der Waals surface area contributed by atoms with Crippen LogP contribution in [0.2, 0.25) is 0 Å². The molecule has 0 spiro atoms. The van der Waals surface area contributed by atoms with Gasteiger partial charge in [0.2, 0.25) is 11.7 Å². The first-order chi connectivity index (χ1) is 9.92. The molecule has 2 rings (SSSR count). The molecule has 1 aromatic carbocycles. The first kappa shape index (κ1) is 15.5. The number of nitrogens with zero attached hydrogens (tertiary/aromatic N) is 2. The Balaban J connectivity index is 2.34. The lowest BCUT2D eigenvalue weighted by Crippen LogP contribution is -2.11. The van der Waals surface area contributed by atoms with Crippen LogP contribution in [0.1, 0.15) is 50.3 Å². The van der Waals surface area contributed by atoms with Crippen LogP contribution in [0.25, 0.3) is 11.4 Å². The first-order valence-corrected chi connectivity index (χ1v) is 7.29. The average Bonchev–Trinajstić information content (AvgIpc) is 2.92. The van der Waals surface area contributed by atoms with E-state index in [-0.39, 0.29) is 12.1 Å². The third-order valence-corrected chi connectivity index (χ3v) is 3.44. The molecule has 2 N–H and O–H groups in total. The van der Waals surface area contributed by atoms with Gasteiger partial charge in [-0.15, -0.1) is 0 Å². The van der Waals surface area contributed by atoms with Gasteiger partial charge in [0.15, 0.2) is 0 Å². The zero-order chi connectivity index (χ0) is 15.6. The fourth-order valence-electron chi connectivity index (χ4n) is 2.09. The van der Waals surface area contributed by atoms with Crippen LogP contribution >= 0.6 is 0 Å². The van der Waals surface area contributed by atoms with Crippen molar-refractivity contribution in [3.8, 4) is 17.1 Å². The van der Waals surface area contributed by atoms with Crippen LogP contribution in [0.5, 0.6) is 5.75 Å². The van der Waals surface area contributed by atoms with Gasteiger partial charge < -0.3 is 15.0 Å². The Morgan fingerprint density at radius 1 is 1.24 bits per heavy atom. The number of rotatable bonds is 5. The number of hydrogen-bond acceptors (Lipinski definition) is 5. The van der Waals surface area contributed by atoms with Gasteiger partial charge in [-0.1, -0.05) is 12.1 Å². The summed E-state index contributed by atoms with van der Waals surface area (Å²) in [7, 11) is 0. The quantitative estimate of drug-likeness (QED) is 0.911. The maximum Gasteiger partial charge on any atom is 0.243 e. The van der Waals surface area contributed by atoms with Gasteiger partial charge in [0.05, 0.1) is 12.1 Å². The van der Waals surface area contributed by atoms with Gasteiger partial charge in [0.1, 0.15) is 5.75 Å². The van der Waals surface area contributed by atoms with E-state index in [1.807, 2.05) is 32.9 Å². The van der Waals surface area contributed by atoms with Gasteiger partial charge in [0.25, 0.3) is 0 Å². The minimum atomic E-state index is -0.263. The second-order valence-corrected chi connectivity index (χ2v) is 5.52. The Kier molecular flexibility index (Phi) is 4.63. The molecule has 114 valence electrons. The van der Waals surface area contributed by atoms with Gasteiger partial charge in [0, 0.05) is 5.56 Å². The zero-order valence-electron chi connectivity index (χ0n) is 13.3. The number of aryl methyl sites for hydroxylation is 2. The second kappa shape index (κ2) is 6.26. The molecule has 2 aromatic rings. The molecular formula is C16H23N3O2. The standard InChI is InChI=1S/C16H23N3O2/c1-6-11(4)20-14-9(2)7-13(8-10(14)3)15-18-16(12(5)17)21-19-15/h7-8,11-12H,6,17H2,1-5H3/t11-,12-/m0/s1. The van der Waals surface area contributed by atoms with Crippen molar-refractivity contribution in [1.82, 2.24) is 10.1 Å². The van der Waals surface area contributed by atoms with Crippen molar-refractivity contribution in [3.05, 3.63) is 29.2 Å². The van der Waals surface area contributed by atoms with E-state index < -0.39 is 0 Å². The van der Waals surface area contributed by atoms with Crippen LogP contribution in [-0.2, 0) is 0 Å². The van der Waals surface area contributed by atoms with Gasteiger partial charge in [-0.05, 0) is 57.4 Å². The maximum absolute atomic E-state index is 5.98. The van der Waals surface area contributed by atoms with E-state index in [0.717, 1.165) is 28.9 Å². The third kappa shape index (κ3) is 3.42. The Morgan fingerprint density at radius 2 is 1.86 bits per heavy atom. The molecule has 5 nitrogen and oxygen atoms in total. The lowest BCUT2D eigenvalue weighted by atomic mass is 10.0. The smallest absolute Gasteiger partial charge is 0.243 e. The number of ether oxygens (including phenoxy) is 1. The molecule has 1 heterocycles. The highest BCUT2D eigenvalue weighted by molar-refractivity contribution is 5.61. The second-order valence-electron chi connectivity index (χ2n) is 5.52. The fraction of sp³-hybridized carbons (Fsp3) is 0.500. The van der Waals surface area contributed by atoms with Crippen molar-refractivity contribution in [3.63, 3.8) is 0 Å². The van der Waals surface area contributed by atoms with Crippen LogP contribution in [0.3, 0.4) is 0 Å². The van der Waals surface area contributed by atoms with E-state index >= 15 is 0 Å². The Morgan fingerprint density at radius 3 is 2.33 bits per heavy atom. The van der Waals surface area contributed by atoms with Crippen LogP contribution in [0.4, 0.5) is 0 Å². The van der Waals surface area contributed by atoms with E-state index in [2.05, 4.69) is 24.0 Å². The summed E-state index contributed by atoms with van der Waals surface area (Å²) >= 11 is 0. The third-order valence-electron chi connectivity index (χ3n) is 3.44.